The van der Waals surface area contributed by atoms with E-state index in [1.165, 1.54) is 0 Å². The Bertz CT molecular complexity index is 879. The summed E-state index contributed by atoms with van der Waals surface area (Å²) in [6.07, 6.45) is 6.46. The van der Waals surface area contributed by atoms with Gasteiger partial charge in [-0.25, -0.2) is 9.97 Å². The van der Waals surface area contributed by atoms with Gasteiger partial charge in [-0.1, -0.05) is 19.1 Å². The summed E-state index contributed by atoms with van der Waals surface area (Å²) in [7, 11) is 0. The molecule has 6 heteroatoms. The zero-order valence-corrected chi connectivity index (χ0v) is 13.8. The summed E-state index contributed by atoms with van der Waals surface area (Å²) < 4.78 is 4.15. The van der Waals surface area contributed by atoms with Gasteiger partial charge in [-0.2, -0.15) is 0 Å². The van der Waals surface area contributed by atoms with Crippen LogP contribution in [0.2, 0.25) is 0 Å². The molecule has 24 heavy (non-hydrogen) atoms. The molecule has 0 saturated heterocycles. The monoisotopic (exact) mass is 323 g/mol. The maximum atomic E-state index is 12.6. The second kappa shape index (κ2) is 6.11. The second-order valence-electron chi connectivity index (χ2n) is 6.26. The number of rotatable bonds is 4. The lowest BCUT2D eigenvalue weighted by atomic mass is 10.1. The van der Waals surface area contributed by atoms with Crippen LogP contribution >= 0.6 is 0 Å². The van der Waals surface area contributed by atoms with Gasteiger partial charge in [-0.3, -0.25) is 4.79 Å². The van der Waals surface area contributed by atoms with Crippen LogP contribution in [0.4, 0.5) is 0 Å². The third-order valence-electron chi connectivity index (χ3n) is 4.65. The molecular weight excluding hydrogens is 302 g/mol. The van der Waals surface area contributed by atoms with Crippen LogP contribution in [0, 0.1) is 0 Å². The molecule has 1 aromatic carbocycles. The number of hydrogen-bond donors (Lipinski definition) is 1. The lowest BCUT2D eigenvalue weighted by Gasteiger charge is -2.25. The number of nitrogens with one attached hydrogen (secondary N) is 1. The fourth-order valence-electron chi connectivity index (χ4n) is 3.47. The smallest absolute Gasteiger partial charge is 0.240 e. The van der Waals surface area contributed by atoms with E-state index in [4.69, 9.17) is 0 Å². The lowest BCUT2D eigenvalue weighted by molar-refractivity contribution is -0.122. The van der Waals surface area contributed by atoms with Gasteiger partial charge in [0, 0.05) is 37.8 Å². The predicted molar refractivity (Wildman–Crippen MR) is 91.6 cm³/mol. The molecule has 4 rings (SSSR count). The number of amides is 1. The summed E-state index contributed by atoms with van der Waals surface area (Å²) in [6.45, 7) is 3.18. The van der Waals surface area contributed by atoms with Crippen molar-refractivity contribution in [2.75, 3.05) is 0 Å². The van der Waals surface area contributed by atoms with Gasteiger partial charge in [-0.15, -0.1) is 0 Å². The van der Waals surface area contributed by atoms with Crippen molar-refractivity contribution in [3.05, 3.63) is 48.3 Å². The van der Waals surface area contributed by atoms with Crippen molar-refractivity contribution in [2.24, 2.45) is 0 Å². The van der Waals surface area contributed by atoms with Crippen molar-refractivity contribution in [1.29, 1.82) is 0 Å². The number of hydrogen-bond acceptors (Lipinski definition) is 3. The highest BCUT2D eigenvalue weighted by Gasteiger charge is 2.21. The van der Waals surface area contributed by atoms with Gasteiger partial charge in [0.05, 0.1) is 11.0 Å². The molecule has 0 fully saturated rings. The summed E-state index contributed by atoms with van der Waals surface area (Å²) >= 11 is 0. The average molecular weight is 323 g/mol. The molecule has 1 aliphatic rings. The van der Waals surface area contributed by atoms with Crippen LogP contribution in [0.5, 0.6) is 0 Å². The number of nitrogens with zero attached hydrogens (tertiary/aromatic N) is 4. The summed E-state index contributed by atoms with van der Waals surface area (Å²) in [5, 5.41) is 3.17. The van der Waals surface area contributed by atoms with Crippen molar-refractivity contribution in [1.82, 2.24) is 24.4 Å². The first-order valence-corrected chi connectivity index (χ1v) is 8.48. The maximum Gasteiger partial charge on any atom is 0.240 e. The Balaban J connectivity index is 1.49. The van der Waals surface area contributed by atoms with E-state index in [1.54, 1.807) is 0 Å². The van der Waals surface area contributed by atoms with E-state index in [0.29, 0.717) is 6.54 Å². The lowest BCUT2D eigenvalue weighted by Crippen LogP contribution is -2.42. The van der Waals surface area contributed by atoms with E-state index in [9.17, 15) is 4.79 Å². The van der Waals surface area contributed by atoms with E-state index in [0.717, 1.165) is 48.5 Å². The number of carbonyl (C=O) groups excluding carboxylic acids is 1. The van der Waals surface area contributed by atoms with Gasteiger partial charge in [-0.05, 0) is 18.6 Å². The molecule has 0 radical (unpaired) electrons. The summed E-state index contributed by atoms with van der Waals surface area (Å²) in [4.78, 5) is 21.5. The first-order valence-electron chi connectivity index (χ1n) is 8.48. The van der Waals surface area contributed by atoms with E-state index in [2.05, 4.69) is 26.8 Å². The highest BCUT2D eigenvalue weighted by molar-refractivity contribution is 5.81. The Labute approximate surface area is 140 Å². The standard InChI is InChI=1S/C18H21N5O/c1-2-16-21-14-5-3-4-6-15(14)23(16)12-18(24)20-13-7-8-17-19-9-10-22(17)11-13/h3-6,9-10,13H,2,7-8,11-12H2,1H3,(H,20,24). The predicted octanol–water partition coefficient (Wildman–Crippen LogP) is 1.93. The van der Waals surface area contributed by atoms with Gasteiger partial charge >= 0.3 is 0 Å². The number of carbonyl (C=O) groups is 1. The van der Waals surface area contributed by atoms with Gasteiger partial charge < -0.3 is 14.5 Å². The maximum absolute atomic E-state index is 12.6. The Kier molecular flexibility index (Phi) is 3.80. The Morgan fingerprint density at radius 3 is 3.12 bits per heavy atom. The normalized spacial score (nSPS) is 17.0. The highest BCUT2D eigenvalue weighted by atomic mass is 16.2. The zero-order valence-electron chi connectivity index (χ0n) is 13.8. The molecule has 6 nitrogen and oxygen atoms in total. The number of fused-ring (bicyclic) bond motifs is 2. The third kappa shape index (κ3) is 2.68. The number of aryl methyl sites for hydroxylation is 2. The topological polar surface area (TPSA) is 64.7 Å². The molecule has 1 N–H and O–H groups in total. The summed E-state index contributed by atoms with van der Waals surface area (Å²) in [5.74, 6) is 2.10. The van der Waals surface area contributed by atoms with E-state index in [-0.39, 0.29) is 11.9 Å². The molecule has 0 aliphatic carbocycles. The van der Waals surface area contributed by atoms with Crippen LogP contribution in [0.15, 0.2) is 36.7 Å². The largest absolute Gasteiger partial charge is 0.350 e. The molecule has 124 valence electrons. The third-order valence-corrected chi connectivity index (χ3v) is 4.65. The van der Waals surface area contributed by atoms with Crippen LogP contribution in [0.3, 0.4) is 0 Å². The SMILES string of the molecule is CCc1nc2ccccc2n1CC(=O)NC1CCc2nccn2C1. The number of imidazole rings is 2. The van der Waals surface area contributed by atoms with Crippen LogP contribution in [0.25, 0.3) is 11.0 Å². The van der Waals surface area contributed by atoms with Crippen molar-refractivity contribution in [3.8, 4) is 0 Å². The molecule has 3 aromatic rings. The first-order chi connectivity index (χ1) is 11.7. The number of aromatic nitrogens is 4. The minimum atomic E-state index is 0.0430. The summed E-state index contributed by atoms with van der Waals surface area (Å²) in [6, 6.07) is 8.14. The molecular formula is C18H21N5O. The molecule has 0 bridgehead atoms. The second-order valence-corrected chi connectivity index (χ2v) is 6.26. The van der Waals surface area contributed by atoms with Gasteiger partial charge in [0.15, 0.2) is 0 Å². The van der Waals surface area contributed by atoms with Gasteiger partial charge in [0.25, 0.3) is 0 Å². The van der Waals surface area contributed by atoms with E-state index >= 15 is 0 Å². The molecule has 0 saturated carbocycles. The van der Waals surface area contributed by atoms with Crippen molar-refractivity contribution in [2.45, 2.75) is 45.3 Å². The fourth-order valence-corrected chi connectivity index (χ4v) is 3.47. The molecule has 3 heterocycles. The Morgan fingerprint density at radius 2 is 2.25 bits per heavy atom. The van der Waals surface area contributed by atoms with E-state index < -0.39 is 0 Å². The fraction of sp³-hybridized carbons (Fsp3) is 0.389. The minimum absolute atomic E-state index is 0.0430. The molecule has 0 spiro atoms. The highest BCUT2D eigenvalue weighted by Crippen LogP contribution is 2.17. The molecule has 1 amide bonds. The van der Waals surface area contributed by atoms with Crippen LogP contribution < -0.4 is 5.32 Å². The zero-order chi connectivity index (χ0) is 16.5. The van der Waals surface area contributed by atoms with E-state index in [1.807, 2.05) is 41.2 Å². The molecule has 1 atom stereocenters. The Hall–Kier alpha value is -2.63. The van der Waals surface area contributed by atoms with Crippen molar-refractivity contribution < 1.29 is 4.79 Å². The van der Waals surface area contributed by atoms with Gasteiger partial charge in [0.2, 0.25) is 5.91 Å². The quantitative estimate of drug-likeness (QED) is 0.798. The van der Waals surface area contributed by atoms with Crippen molar-refractivity contribution >= 4 is 16.9 Å². The first kappa shape index (κ1) is 14.9. The van der Waals surface area contributed by atoms with Crippen molar-refractivity contribution in [3.63, 3.8) is 0 Å². The molecule has 1 unspecified atom stereocenters. The van der Waals surface area contributed by atoms with Gasteiger partial charge in [0.1, 0.15) is 18.2 Å². The number of para-hydroxylation sites is 2. The van der Waals surface area contributed by atoms with Crippen LogP contribution in [-0.4, -0.2) is 31.1 Å². The molecule has 2 aromatic heterocycles. The molecule has 1 aliphatic heterocycles. The minimum Gasteiger partial charge on any atom is -0.350 e. The number of benzene rings is 1. The average Bonchev–Trinajstić information content (AvgIpc) is 3.19. The van der Waals surface area contributed by atoms with Crippen LogP contribution in [0.1, 0.15) is 25.0 Å². The summed E-state index contributed by atoms with van der Waals surface area (Å²) in [5.41, 5.74) is 1.97. The Morgan fingerprint density at radius 1 is 1.38 bits per heavy atom. The van der Waals surface area contributed by atoms with Crippen LogP contribution in [-0.2, 0) is 30.7 Å².